The van der Waals surface area contributed by atoms with E-state index >= 15 is 0 Å². The molecule has 3 rings (SSSR count). The van der Waals surface area contributed by atoms with Gasteiger partial charge < -0.3 is 5.32 Å². The normalized spacial score (nSPS) is 12.3. The second-order valence-corrected chi connectivity index (χ2v) is 5.92. The van der Waals surface area contributed by atoms with E-state index in [2.05, 4.69) is 31.2 Å². The Kier molecular flexibility index (Phi) is 3.94. The Hall–Kier alpha value is -2.21. The maximum Gasteiger partial charge on any atom is 0.217 e. The molecule has 2 aromatic heterocycles. The number of hydrogen-bond acceptors (Lipinski definition) is 3. The summed E-state index contributed by atoms with van der Waals surface area (Å²) in [5, 5.41) is 2.88. The van der Waals surface area contributed by atoms with E-state index in [1.807, 2.05) is 47.9 Å². The molecule has 6 heteroatoms. The lowest BCUT2D eigenvalue weighted by atomic mass is 10.1. The summed E-state index contributed by atoms with van der Waals surface area (Å²) in [6.07, 6.45) is 1.76. The number of nitrogens with zero attached hydrogens (tertiary/aromatic N) is 3. The maximum absolute atomic E-state index is 11.2. The number of benzene rings is 1. The largest absolute Gasteiger partial charge is 0.350 e. The van der Waals surface area contributed by atoms with E-state index in [-0.39, 0.29) is 11.9 Å². The molecule has 0 saturated heterocycles. The minimum absolute atomic E-state index is 0.0449. The lowest BCUT2D eigenvalue weighted by Gasteiger charge is -2.12. The third-order valence-electron chi connectivity index (χ3n) is 3.44. The minimum Gasteiger partial charge on any atom is -0.350 e. The molecule has 22 heavy (non-hydrogen) atoms. The van der Waals surface area contributed by atoms with Crippen molar-refractivity contribution in [1.29, 1.82) is 0 Å². The molecule has 3 aromatic rings. The van der Waals surface area contributed by atoms with Gasteiger partial charge in [-0.15, -0.1) is 0 Å². The lowest BCUT2D eigenvalue weighted by molar-refractivity contribution is -0.119. The van der Waals surface area contributed by atoms with Gasteiger partial charge in [0.05, 0.1) is 17.1 Å². The fourth-order valence-electron chi connectivity index (χ4n) is 2.40. The molecule has 1 atom stereocenters. The van der Waals surface area contributed by atoms with Crippen LogP contribution in [0.2, 0.25) is 0 Å². The molecule has 0 spiro atoms. The number of carbonyl (C=O) groups excluding carboxylic acids is 1. The van der Waals surface area contributed by atoms with Crippen molar-refractivity contribution < 1.29 is 4.79 Å². The fourth-order valence-corrected chi connectivity index (χ4v) is 2.74. The van der Waals surface area contributed by atoms with Gasteiger partial charge in [0.25, 0.3) is 0 Å². The van der Waals surface area contributed by atoms with Crippen LogP contribution in [0.25, 0.3) is 16.9 Å². The standard InChI is InChI=1S/C16H15BrN4O/c1-10(19-11(2)22)12-6-7-14-13(8-12)18-9-21(14)16-5-3-4-15(17)20-16/h3-10H,1-2H3,(H,19,22). The molecule has 5 nitrogen and oxygen atoms in total. The van der Waals surface area contributed by atoms with Gasteiger partial charge in [-0.05, 0) is 52.7 Å². The summed E-state index contributed by atoms with van der Waals surface area (Å²) in [7, 11) is 0. The van der Waals surface area contributed by atoms with Crippen LogP contribution in [0.1, 0.15) is 25.5 Å². The fraction of sp³-hybridized carbons (Fsp3) is 0.188. The molecular weight excluding hydrogens is 344 g/mol. The number of amides is 1. The van der Waals surface area contributed by atoms with Crippen LogP contribution in [-0.4, -0.2) is 20.4 Å². The monoisotopic (exact) mass is 358 g/mol. The van der Waals surface area contributed by atoms with Crippen LogP contribution in [-0.2, 0) is 4.79 Å². The third-order valence-corrected chi connectivity index (χ3v) is 3.88. The van der Waals surface area contributed by atoms with Gasteiger partial charge in [0, 0.05) is 6.92 Å². The highest BCUT2D eigenvalue weighted by Crippen LogP contribution is 2.22. The van der Waals surface area contributed by atoms with Gasteiger partial charge in [0.2, 0.25) is 5.91 Å². The van der Waals surface area contributed by atoms with Gasteiger partial charge in [-0.1, -0.05) is 12.1 Å². The minimum atomic E-state index is -0.0453. The quantitative estimate of drug-likeness (QED) is 0.730. The number of hydrogen-bond donors (Lipinski definition) is 1. The van der Waals surface area contributed by atoms with E-state index in [1.165, 1.54) is 6.92 Å². The number of halogens is 1. The second kappa shape index (κ2) is 5.88. The topological polar surface area (TPSA) is 59.8 Å². The molecule has 0 radical (unpaired) electrons. The van der Waals surface area contributed by atoms with Crippen molar-refractivity contribution in [3.05, 3.63) is 52.9 Å². The first-order valence-corrected chi connectivity index (χ1v) is 7.71. The van der Waals surface area contributed by atoms with E-state index in [0.717, 1.165) is 27.0 Å². The smallest absolute Gasteiger partial charge is 0.217 e. The Balaban J connectivity index is 2.01. The highest BCUT2D eigenvalue weighted by Gasteiger charge is 2.11. The van der Waals surface area contributed by atoms with Gasteiger partial charge >= 0.3 is 0 Å². The first-order valence-electron chi connectivity index (χ1n) is 6.91. The summed E-state index contributed by atoms with van der Waals surface area (Å²) < 4.78 is 2.72. The number of imidazole rings is 1. The van der Waals surface area contributed by atoms with Crippen LogP contribution in [0.5, 0.6) is 0 Å². The van der Waals surface area contributed by atoms with Crippen molar-refractivity contribution in [2.75, 3.05) is 0 Å². The van der Waals surface area contributed by atoms with Gasteiger partial charge in [0.1, 0.15) is 16.7 Å². The molecule has 1 amide bonds. The zero-order valence-electron chi connectivity index (χ0n) is 12.2. The average Bonchev–Trinajstić information content (AvgIpc) is 2.89. The number of aromatic nitrogens is 3. The second-order valence-electron chi connectivity index (χ2n) is 5.10. The Morgan fingerprint density at radius 1 is 1.32 bits per heavy atom. The van der Waals surface area contributed by atoms with E-state index in [9.17, 15) is 4.79 Å². The van der Waals surface area contributed by atoms with E-state index < -0.39 is 0 Å². The summed E-state index contributed by atoms with van der Waals surface area (Å²) >= 11 is 3.38. The lowest BCUT2D eigenvalue weighted by Crippen LogP contribution is -2.23. The number of nitrogens with one attached hydrogen (secondary N) is 1. The van der Waals surface area contributed by atoms with Crippen molar-refractivity contribution >= 4 is 32.9 Å². The summed E-state index contributed by atoms with van der Waals surface area (Å²) in [6.45, 7) is 3.47. The predicted molar refractivity (Wildman–Crippen MR) is 88.8 cm³/mol. The Morgan fingerprint density at radius 3 is 2.86 bits per heavy atom. The van der Waals surface area contributed by atoms with Crippen LogP contribution in [0.4, 0.5) is 0 Å². The molecule has 2 heterocycles. The highest BCUT2D eigenvalue weighted by atomic mass is 79.9. The van der Waals surface area contributed by atoms with Crippen LogP contribution in [0.15, 0.2) is 47.3 Å². The van der Waals surface area contributed by atoms with Crippen LogP contribution >= 0.6 is 15.9 Å². The zero-order valence-corrected chi connectivity index (χ0v) is 13.8. The summed E-state index contributed by atoms with van der Waals surface area (Å²) in [5.74, 6) is 0.760. The molecule has 0 aliphatic heterocycles. The van der Waals surface area contributed by atoms with Crippen LogP contribution < -0.4 is 5.32 Å². The summed E-state index contributed by atoms with van der Waals surface area (Å²) in [5.41, 5.74) is 2.87. The Morgan fingerprint density at radius 2 is 2.14 bits per heavy atom. The number of fused-ring (bicyclic) bond motifs is 1. The van der Waals surface area contributed by atoms with E-state index in [1.54, 1.807) is 6.33 Å². The SMILES string of the molecule is CC(=O)NC(C)c1ccc2c(c1)ncn2-c1cccc(Br)n1. The molecule has 0 aliphatic carbocycles. The van der Waals surface area contributed by atoms with Crippen molar-refractivity contribution in [2.45, 2.75) is 19.9 Å². The molecule has 1 aromatic carbocycles. The van der Waals surface area contributed by atoms with Crippen molar-refractivity contribution in [3.63, 3.8) is 0 Å². The number of rotatable bonds is 3. The van der Waals surface area contributed by atoms with Gasteiger partial charge in [-0.25, -0.2) is 9.97 Å². The molecular formula is C16H15BrN4O. The van der Waals surface area contributed by atoms with Crippen LogP contribution in [0.3, 0.4) is 0 Å². The highest BCUT2D eigenvalue weighted by molar-refractivity contribution is 9.10. The first-order chi connectivity index (χ1) is 10.5. The van der Waals surface area contributed by atoms with Crippen LogP contribution in [0, 0.1) is 0 Å². The molecule has 112 valence electrons. The molecule has 0 fully saturated rings. The van der Waals surface area contributed by atoms with Crippen molar-refractivity contribution in [3.8, 4) is 5.82 Å². The van der Waals surface area contributed by atoms with Gasteiger partial charge in [-0.3, -0.25) is 9.36 Å². The molecule has 1 N–H and O–H groups in total. The predicted octanol–water partition coefficient (Wildman–Crippen LogP) is 3.38. The summed E-state index contributed by atoms with van der Waals surface area (Å²) in [6, 6.07) is 11.7. The van der Waals surface area contributed by atoms with E-state index in [0.29, 0.717) is 0 Å². The van der Waals surface area contributed by atoms with E-state index in [4.69, 9.17) is 0 Å². The van der Waals surface area contributed by atoms with Crippen molar-refractivity contribution in [1.82, 2.24) is 19.9 Å². The van der Waals surface area contributed by atoms with Crippen molar-refractivity contribution in [2.24, 2.45) is 0 Å². The maximum atomic E-state index is 11.2. The average molecular weight is 359 g/mol. The molecule has 0 saturated carbocycles. The number of carbonyl (C=O) groups is 1. The van der Waals surface area contributed by atoms with Gasteiger partial charge in [-0.2, -0.15) is 0 Å². The first kappa shape index (κ1) is 14.7. The Bertz CT molecular complexity index is 843. The number of pyridine rings is 1. The summed E-state index contributed by atoms with van der Waals surface area (Å²) in [4.78, 5) is 20.1. The van der Waals surface area contributed by atoms with Gasteiger partial charge in [0.15, 0.2) is 0 Å². The third kappa shape index (κ3) is 2.87. The Labute approximate surface area is 136 Å². The molecule has 1 unspecified atom stereocenters. The molecule has 0 aliphatic rings. The molecule has 0 bridgehead atoms. The zero-order chi connectivity index (χ0) is 15.7.